The second-order valence-corrected chi connectivity index (χ2v) is 11.0. The first-order valence-corrected chi connectivity index (χ1v) is 11.3. The van der Waals surface area contributed by atoms with Crippen LogP contribution >= 0.6 is 0 Å². The van der Waals surface area contributed by atoms with Gasteiger partial charge in [0.05, 0.1) is 5.60 Å². The van der Waals surface area contributed by atoms with Crippen molar-refractivity contribution in [2.75, 3.05) is 0 Å². The van der Waals surface area contributed by atoms with Crippen molar-refractivity contribution < 1.29 is 30.3 Å². The normalized spacial score (nSPS) is 44.9. The monoisotopic (exact) mass is 584 g/mol. The molecule has 4 aliphatic rings. The summed E-state index contributed by atoms with van der Waals surface area (Å²) >= 11 is 0. The van der Waals surface area contributed by atoms with Gasteiger partial charge < -0.3 is 15.3 Å². The van der Waals surface area contributed by atoms with E-state index in [1.807, 2.05) is 6.92 Å². The second kappa shape index (κ2) is 7.60. The third kappa shape index (κ3) is 3.36. The molecule has 3 saturated carbocycles. The zero-order chi connectivity index (χ0) is 20.4. The summed E-state index contributed by atoms with van der Waals surface area (Å²) in [6.07, 6.45) is 13.4. The number of aromatic nitrogens is 4. The molecule has 30 heavy (non-hydrogen) atoms. The van der Waals surface area contributed by atoms with Crippen LogP contribution in [0.2, 0.25) is 0 Å². The molecule has 1 unspecified atom stereocenters. The maximum Gasteiger partial charge on any atom is 0.159 e. The maximum atomic E-state index is 13.1. The minimum absolute atomic E-state index is 0. The Labute approximate surface area is 192 Å². The fourth-order valence-electron chi connectivity index (χ4n) is 7.71. The van der Waals surface area contributed by atoms with Crippen LogP contribution in [0.15, 0.2) is 11.6 Å². The van der Waals surface area contributed by atoms with Gasteiger partial charge >= 0.3 is 0 Å². The van der Waals surface area contributed by atoms with Gasteiger partial charge in [-0.05, 0) is 86.9 Å². The van der Waals surface area contributed by atoms with Crippen LogP contribution in [-0.4, -0.2) is 36.7 Å². The second-order valence-electron chi connectivity index (χ2n) is 11.0. The van der Waals surface area contributed by atoms with Gasteiger partial charge in [0.25, 0.3) is 0 Å². The van der Waals surface area contributed by atoms with Crippen molar-refractivity contribution in [2.24, 2.45) is 34.5 Å². The molecule has 165 valence electrons. The van der Waals surface area contributed by atoms with E-state index in [2.05, 4.69) is 41.7 Å². The number of aliphatic hydroxyl groups is 1. The summed E-state index contributed by atoms with van der Waals surface area (Å²) in [7, 11) is 0. The molecule has 0 aliphatic heterocycles. The van der Waals surface area contributed by atoms with Crippen molar-refractivity contribution in [1.82, 2.24) is 20.2 Å². The summed E-state index contributed by atoms with van der Waals surface area (Å²) in [5, 5.41) is 22.0. The predicted octanol–water partition coefficient (Wildman–Crippen LogP) is 3.37. The van der Waals surface area contributed by atoms with Crippen molar-refractivity contribution in [3.63, 3.8) is 0 Å². The molecule has 1 aromatic rings. The molecule has 6 nitrogen and oxygen atoms in total. The number of ketones is 1. The fraction of sp³-hybridized carbons (Fsp3) is 0.826. The molecule has 5 rings (SSSR count). The Kier molecular flexibility index (Phi) is 5.65. The number of allylic oxidation sites excluding steroid dienone is 2. The average Bonchev–Trinajstić information content (AvgIpc) is 3.29. The van der Waals surface area contributed by atoms with Gasteiger partial charge in [-0.3, -0.25) is 4.79 Å². The predicted molar refractivity (Wildman–Crippen MR) is 107 cm³/mol. The number of fused-ring (bicyclic) bond motifs is 5. The number of Topliss-reactive ketones (excluding diaryl/α,β-unsaturated/α-hetero) is 1. The topological polar surface area (TPSA) is 80.9 Å². The summed E-state index contributed by atoms with van der Waals surface area (Å²) in [6.45, 7) is 7.03. The number of nitrogens with zero attached hydrogens (tertiary/aromatic N) is 4. The number of carbonyl (C=O) groups is 1. The van der Waals surface area contributed by atoms with Gasteiger partial charge in [0, 0.05) is 26.3 Å². The van der Waals surface area contributed by atoms with Crippen LogP contribution in [0.4, 0.5) is 0 Å². The Bertz CT molecular complexity index is 838. The Morgan fingerprint density at radius 3 is 2.77 bits per heavy atom. The Morgan fingerprint density at radius 2 is 2.03 bits per heavy atom. The van der Waals surface area contributed by atoms with Crippen LogP contribution in [0.1, 0.15) is 72.1 Å². The summed E-state index contributed by atoms with van der Waals surface area (Å²) in [5.74, 6) is 2.10. The zero-order valence-electron chi connectivity index (χ0n) is 18.3. The third-order valence-corrected chi connectivity index (χ3v) is 9.35. The molecule has 1 aromatic heterocycles. The van der Waals surface area contributed by atoms with Gasteiger partial charge in [0.2, 0.25) is 0 Å². The zero-order valence-corrected chi connectivity index (χ0v) is 21.0. The molecule has 4 aliphatic carbocycles. The van der Waals surface area contributed by atoms with Gasteiger partial charge in [-0.1, -0.05) is 30.7 Å². The van der Waals surface area contributed by atoms with Gasteiger partial charge in [-0.15, -0.1) is 0 Å². The van der Waals surface area contributed by atoms with Gasteiger partial charge in [0.15, 0.2) is 5.78 Å². The standard InChI is InChI=1S/C23H33N4O2.Re/c1-21(29)10-11-22(2)15(12-21)4-5-16-17-6-7-19(23(17,3)9-8-18(16)22)20(28)13-27-25-14-24-26-27;/h8,15-17,19,29H,4-7,9-13H2,1-3H3;/q-1;/t15-,16+,17?,19-,21-,22+,23+;/m1./s1. The van der Waals surface area contributed by atoms with E-state index in [0.717, 1.165) is 38.5 Å². The van der Waals surface area contributed by atoms with Crippen LogP contribution in [-0.2, 0) is 31.8 Å². The van der Waals surface area contributed by atoms with Crippen molar-refractivity contribution in [1.29, 1.82) is 0 Å². The van der Waals surface area contributed by atoms with Gasteiger partial charge in [-0.2, -0.15) is 4.80 Å². The molecule has 7 heteroatoms. The Balaban J connectivity index is 0.00000218. The largest absolute Gasteiger partial charge is 0.390 e. The molecule has 0 saturated heterocycles. The van der Waals surface area contributed by atoms with Crippen molar-refractivity contribution in [2.45, 2.75) is 84.3 Å². The Hall–Kier alpha value is -0.898. The van der Waals surface area contributed by atoms with E-state index in [0.29, 0.717) is 17.8 Å². The molecular weight excluding hydrogens is 550 g/mol. The summed E-state index contributed by atoms with van der Waals surface area (Å²) in [5.41, 5.74) is 1.43. The number of hydrogen-bond acceptors (Lipinski definition) is 5. The van der Waals surface area contributed by atoms with Crippen LogP contribution in [0.25, 0.3) is 0 Å². The first kappa shape index (κ1) is 22.3. The molecule has 1 heterocycles. The van der Waals surface area contributed by atoms with Crippen molar-refractivity contribution in [3.05, 3.63) is 18.0 Å². The smallest absolute Gasteiger partial charge is 0.159 e. The van der Waals surface area contributed by atoms with Crippen LogP contribution in [0.3, 0.4) is 0 Å². The molecule has 0 bridgehead atoms. The van der Waals surface area contributed by atoms with E-state index in [-0.39, 0.29) is 49.5 Å². The minimum atomic E-state index is -0.502. The molecule has 0 amide bonds. The van der Waals surface area contributed by atoms with E-state index in [4.69, 9.17) is 0 Å². The number of carbonyl (C=O) groups excluding carboxylic acids is 1. The molecule has 7 atom stereocenters. The van der Waals surface area contributed by atoms with Crippen LogP contribution in [0.5, 0.6) is 0 Å². The fourth-order valence-corrected chi connectivity index (χ4v) is 7.71. The Morgan fingerprint density at radius 1 is 1.23 bits per heavy atom. The number of tetrazole rings is 1. The summed E-state index contributed by atoms with van der Waals surface area (Å²) < 4.78 is 0. The van der Waals surface area contributed by atoms with E-state index in [1.54, 1.807) is 5.57 Å². The summed E-state index contributed by atoms with van der Waals surface area (Å²) in [4.78, 5) is 14.5. The van der Waals surface area contributed by atoms with Crippen molar-refractivity contribution in [3.8, 4) is 0 Å². The van der Waals surface area contributed by atoms with Crippen LogP contribution in [0, 0.1) is 40.8 Å². The molecule has 1 radical (unpaired) electrons. The van der Waals surface area contributed by atoms with E-state index < -0.39 is 5.60 Å². The molecular formula is C23H33N4O2Re-. The first-order valence-electron chi connectivity index (χ1n) is 11.3. The first-order chi connectivity index (χ1) is 13.7. The van der Waals surface area contributed by atoms with Gasteiger partial charge in [0.1, 0.15) is 6.54 Å². The molecule has 1 N–H and O–H groups in total. The van der Waals surface area contributed by atoms with E-state index in [1.165, 1.54) is 17.6 Å². The number of hydrogen-bond donors (Lipinski definition) is 1. The molecule has 0 aromatic carbocycles. The minimum Gasteiger partial charge on any atom is -0.390 e. The van der Waals surface area contributed by atoms with E-state index in [9.17, 15) is 9.90 Å². The summed E-state index contributed by atoms with van der Waals surface area (Å²) in [6, 6.07) is 0. The third-order valence-electron chi connectivity index (χ3n) is 9.35. The van der Waals surface area contributed by atoms with E-state index >= 15 is 0 Å². The molecule has 3 fully saturated rings. The molecule has 0 spiro atoms. The SMILES string of the molecule is C[C@@]1(O)CC[C@]2(C)C3=CC[C@@]4(C)C(CC[C@@H]4C(=O)Cn4n[c-]nn4)[C@@H]3CC[C@@H]2C1.[Re]. The number of rotatable bonds is 3. The maximum absolute atomic E-state index is 13.1. The van der Waals surface area contributed by atoms with Gasteiger partial charge in [-0.25, -0.2) is 6.33 Å². The average molecular weight is 584 g/mol. The van der Waals surface area contributed by atoms with Crippen molar-refractivity contribution >= 4 is 5.78 Å². The quantitative estimate of drug-likeness (QED) is 0.436. The van der Waals surface area contributed by atoms with Crippen LogP contribution < -0.4 is 0 Å².